The Labute approximate surface area is 205 Å². The number of benzene rings is 2. The number of amides is 1. The van der Waals surface area contributed by atoms with Gasteiger partial charge in [0.15, 0.2) is 0 Å². The first-order chi connectivity index (χ1) is 17.2. The molecule has 35 heavy (non-hydrogen) atoms. The normalized spacial score (nSPS) is 16.8. The summed E-state index contributed by atoms with van der Waals surface area (Å²) in [7, 11) is 2.16. The summed E-state index contributed by atoms with van der Waals surface area (Å²) in [5.74, 6) is 0.637. The molecule has 2 aromatic heterocycles. The van der Waals surface area contributed by atoms with E-state index >= 15 is 0 Å². The van der Waals surface area contributed by atoms with Gasteiger partial charge in [-0.3, -0.25) is 9.78 Å². The van der Waals surface area contributed by atoms with E-state index in [4.69, 9.17) is 4.98 Å². The number of para-hydroxylation sites is 1. The number of carbonyl (C=O) groups is 1. The molecule has 4 heterocycles. The van der Waals surface area contributed by atoms with Gasteiger partial charge in [0.1, 0.15) is 5.82 Å². The van der Waals surface area contributed by atoms with E-state index < -0.39 is 0 Å². The highest BCUT2D eigenvalue weighted by atomic mass is 16.1. The lowest BCUT2D eigenvalue weighted by molar-refractivity contribution is 0.102. The molecule has 2 fully saturated rings. The molecule has 1 amide bonds. The Morgan fingerprint density at radius 1 is 0.886 bits per heavy atom. The van der Waals surface area contributed by atoms with Crippen molar-refractivity contribution in [2.24, 2.45) is 0 Å². The van der Waals surface area contributed by atoms with Gasteiger partial charge in [0.05, 0.1) is 16.8 Å². The van der Waals surface area contributed by atoms with Gasteiger partial charge < -0.3 is 20.0 Å². The van der Waals surface area contributed by atoms with E-state index in [2.05, 4.69) is 38.1 Å². The number of aromatic nitrogens is 2. The zero-order valence-corrected chi connectivity index (χ0v) is 20.1. The highest BCUT2D eigenvalue weighted by Crippen LogP contribution is 2.34. The lowest BCUT2D eigenvalue weighted by Gasteiger charge is -2.34. The molecule has 7 heteroatoms. The van der Waals surface area contributed by atoms with Gasteiger partial charge in [-0.25, -0.2) is 4.98 Å². The van der Waals surface area contributed by atoms with Crippen LogP contribution in [-0.4, -0.2) is 67.1 Å². The van der Waals surface area contributed by atoms with Crippen LogP contribution in [0.5, 0.6) is 0 Å². The van der Waals surface area contributed by atoms with Gasteiger partial charge in [-0.1, -0.05) is 18.2 Å². The van der Waals surface area contributed by atoms with Crippen molar-refractivity contribution in [2.75, 3.05) is 61.4 Å². The smallest absolute Gasteiger partial charge is 0.259 e. The van der Waals surface area contributed by atoms with Crippen LogP contribution in [0.15, 0.2) is 60.9 Å². The number of pyridine rings is 2. The molecule has 0 radical (unpaired) electrons. The quantitative estimate of drug-likeness (QED) is 0.481. The summed E-state index contributed by atoms with van der Waals surface area (Å²) in [6.45, 7) is 5.91. The van der Waals surface area contributed by atoms with Crippen molar-refractivity contribution >= 4 is 44.8 Å². The maximum atomic E-state index is 13.7. The van der Waals surface area contributed by atoms with Gasteiger partial charge in [-0.2, -0.15) is 0 Å². The third-order valence-electron chi connectivity index (χ3n) is 7.24. The van der Waals surface area contributed by atoms with E-state index in [9.17, 15) is 4.79 Å². The second kappa shape index (κ2) is 9.15. The fourth-order valence-corrected chi connectivity index (χ4v) is 5.24. The van der Waals surface area contributed by atoms with Crippen molar-refractivity contribution in [2.45, 2.75) is 12.8 Å². The number of likely N-dealkylation sites (N-methyl/N-ethyl adjacent to an activating group) is 1. The highest BCUT2D eigenvalue weighted by Gasteiger charge is 2.23. The fourth-order valence-electron chi connectivity index (χ4n) is 5.24. The third kappa shape index (κ3) is 4.17. The monoisotopic (exact) mass is 466 g/mol. The SMILES string of the molecule is CN1CCN(c2ccc(NC(=O)c3cc4ccccc4nc3N3CCCC3)c3cnccc23)CC1. The number of nitrogens with one attached hydrogen (secondary N) is 1. The van der Waals surface area contributed by atoms with Crippen molar-refractivity contribution in [3.05, 3.63) is 66.5 Å². The molecule has 7 nitrogen and oxygen atoms in total. The molecule has 0 atom stereocenters. The largest absolute Gasteiger partial charge is 0.368 e. The summed E-state index contributed by atoms with van der Waals surface area (Å²) in [4.78, 5) is 30.0. The van der Waals surface area contributed by atoms with Gasteiger partial charge in [0.2, 0.25) is 0 Å². The van der Waals surface area contributed by atoms with E-state index in [1.807, 2.05) is 54.9 Å². The molecule has 2 aromatic carbocycles. The van der Waals surface area contributed by atoms with Crippen LogP contribution in [0.3, 0.4) is 0 Å². The number of carbonyl (C=O) groups excluding carboxylic acids is 1. The van der Waals surface area contributed by atoms with E-state index in [-0.39, 0.29) is 5.91 Å². The first kappa shape index (κ1) is 21.8. The van der Waals surface area contributed by atoms with Gasteiger partial charge >= 0.3 is 0 Å². The minimum Gasteiger partial charge on any atom is -0.368 e. The Morgan fingerprint density at radius 2 is 1.69 bits per heavy atom. The topological polar surface area (TPSA) is 64.6 Å². The molecule has 2 aliphatic heterocycles. The summed E-state index contributed by atoms with van der Waals surface area (Å²) in [6, 6.07) is 16.2. The van der Waals surface area contributed by atoms with Crippen LogP contribution >= 0.6 is 0 Å². The van der Waals surface area contributed by atoms with Crippen LogP contribution in [0.25, 0.3) is 21.7 Å². The fraction of sp³-hybridized carbons (Fsp3) is 0.321. The Morgan fingerprint density at radius 3 is 2.51 bits per heavy atom. The number of anilines is 3. The molecule has 178 valence electrons. The van der Waals surface area contributed by atoms with Crippen molar-refractivity contribution in [1.82, 2.24) is 14.9 Å². The van der Waals surface area contributed by atoms with Crippen LogP contribution in [0.2, 0.25) is 0 Å². The number of rotatable bonds is 4. The third-order valence-corrected chi connectivity index (χ3v) is 7.24. The summed E-state index contributed by atoms with van der Waals surface area (Å²) in [5.41, 5.74) is 3.50. The molecule has 4 aromatic rings. The second-order valence-corrected chi connectivity index (χ2v) is 9.54. The number of hydrogen-bond donors (Lipinski definition) is 1. The Bertz CT molecular complexity index is 1390. The van der Waals surface area contributed by atoms with Gasteiger partial charge in [0.25, 0.3) is 5.91 Å². The van der Waals surface area contributed by atoms with Crippen LogP contribution in [0, 0.1) is 0 Å². The molecule has 0 aliphatic carbocycles. The summed E-state index contributed by atoms with van der Waals surface area (Å²) in [5, 5.41) is 6.23. The molecule has 2 aliphatic rings. The minimum absolute atomic E-state index is 0.136. The molecule has 0 bridgehead atoms. The van der Waals surface area contributed by atoms with Crippen LogP contribution in [0.4, 0.5) is 17.2 Å². The molecule has 0 unspecified atom stereocenters. The number of fused-ring (bicyclic) bond motifs is 2. The summed E-state index contributed by atoms with van der Waals surface area (Å²) < 4.78 is 0. The predicted molar refractivity (Wildman–Crippen MR) is 143 cm³/mol. The van der Waals surface area contributed by atoms with Crippen molar-refractivity contribution in [3.8, 4) is 0 Å². The van der Waals surface area contributed by atoms with E-state index in [0.29, 0.717) is 5.56 Å². The Balaban J connectivity index is 1.37. The number of piperazine rings is 1. The molecular weight excluding hydrogens is 436 g/mol. The molecular formula is C28H30N6O. The standard InChI is InChI=1S/C28H30N6O/c1-32-14-16-33(17-15-32)26-9-8-25(23-19-29-11-10-21(23)26)31-28(35)22-18-20-6-2-3-7-24(20)30-27(22)34-12-4-5-13-34/h2-3,6-11,18-19H,4-5,12-17H2,1H3,(H,31,35). The van der Waals surface area contributed by atoms with Crippen molar-refractivity contribution < 1.29 is 4.79 Å². The van der Waals surface area contributed by atoms with Crippen LogP contribution < -0.4 is 15.1 Å². The lowest BCUT2D eigenvalue weighted by atomic mass is 10.1. The highest BCUT2D eigenvalue weighted by molar-refractivity contribution is 6.14. The van der Waals surface area contributed by atoms with Gasteiger partial charge in [-0.05, 0) is 50.2 Å². The van der Waals surface area contributed by atoms with E-state index in [1.165, 1.54) is 5.69 Å². The van der Waals surface area contributed by atoms with Crippen molar-refractivity contribution in [1.29, 1.82) is 0 Å². The average Bonchev–Trinajstić information content (AvgIpc) is 3.44. The van der Waals surface area contributed by atoms with Crippen molar-refractivity contribution in [3.63, 3.8) is 0 Å². The zero-order valence-electron chi connectivity index (χ0n) is 20.1. The zero-order chi connectivity index (χ0) is 23.8. The van der Waals surface area contributed by atoms with Gasteiger partial charge in [-0.15, -0.1) is 0 Å². The first-order valence-corrected chi connectivity index (χ1v) is 12.4. The number of nitrogens with zero attached hydrogens (tertiary/aromatic N) is 5. The lowest BCUT2D eigenvalue weighted by Crippen LogP contribution is -2.44. The minimum atomic E-state index is -0.136. The first-order valence-electron chi connectivity index (χ1n) is 12.4. The Hall–Kier alpha value is -3.71. The average molecular weight is 467 g/mol. The van der Waals surface area contributed by atoms with Crippen LogP contribution in [0.1, 0.15) is 23.2 Å². The summed E-state index contributed by atoms with van der Waals surface area (Å²) >= 11 is 0. The van der Waals surface area contributed by atoms with E-state index in [0.717, 1.165) is 85.3 Å². The maximum Gasteiger partial charge on any atom is 0.259 e. The molecule has 0 saturated carbocycles. The predicted octanol–water partition coefficient (Wildman–Crippen LogP) is 4.39. The van der Waals surface area contributed by atoms with Gasteiger partial charge in [0, 0.05) is 73.5 Å². The van der Waals surface area contributed by atoms with E-state index in [1.54, 1.807) is 0 Å². The van der Waals surface area contributed by atoms with Crippen LogP contribution in [-0.2, 0) is 0 Å². The summed E-state index contributed by atoms with van der Waals surface area (Å²) in [6.07, 6.45) is 5.93. The molecule has 2 saturated heterocycles. The Kier molecular flexibility index (Phi) is 5.70. The molecule has 6 rings (SSSR count). The maximum absolute atomic E-state index is 13.7. The second-order valence-electron chi connectivity index (χ2n) is 9.54. The number of hydrogen-bond acceptors (Lipinski definition) is 6. The molecule has 1 N–H and O–H groups in total. The molecule has 0 spiro atoms.